The first-order valence-electron chi connectivity index (χ1n) is 8.10. The highest BCUT2D eigenvalue weighted by molar-refractivity contribution is 7.10. The molecule has 0 radical (unpaired) electrons. The zero-order valence-electron chi connectivity index (χ0n) is 14.2. The Hall–Kier alpha value is -2.11. The third-order valence-corrected chi connectivity index (χ3v) is 5.36. The first-order chi connectivity index (χ1) is 11.5. The van der Waals surface area contributed by atoms with Crippen LogP contribution in [-0.4, -0.2) is 12.2 Å². The maximum Gasteiger partial charge on any atom is 0.336 e. The monoisotopic (exact) mass is 344 g/mol. The predicted octanol–water partition coefficient (Wildman–Crippen LogP) is 2.65. The predicted molar refractivity (Wildman–Crippen MR) is 96.9 cm³/mol. The number of rotatable bonds is 5. The Morgan fingerprint density at radius 2 is 2.00 bits per heavy atom. The maximum atomic E-state index is 11.9. The van der Waals surface area contributed by atoms with Gasteiger partial charge in [-0.15, -0.1) is 11.3 Å². The van der Waals surface area contributed by atoms with Crippen LogP contribution in [-0.2, 0) is 19.5 Å². The van der Waals surface area contributed by atoms with Crippen molar-refractivity contribution in [2.24, 2.45) is 0 Å². The van der Waals surface area contributed by atoms with Crippen LogP contribution in [0, 0.1) is 6.92 Å². The molecule has 4 nitrogen and oxygen atoms in total. The Morgan fingerprint density at radius 3 is 2.67 bits per heavy atom. The van der Waals surface area contributed by atoms with Gasteiger partial charge in [-0.25, -0.2) is 4.79 Å². The van der Waals surface area contributed by atoms with Crippen LogP contribution in [0.3, 0.4) is 0 Å². The van der Waals surface area contributed by atoms with Crippen molar-refractivity contribution in [3.63, 3.8) is 0 Å². The number of phenolic OH excluding ortho intramolecular Hbond substituents is 1. The molecule has 0 amide bonds. The molecule has 0 aliphatic heterocycles. The lowest BCUT2D eigenvalue weighted by Gasteiger charge is -2.15. The Kier molecular flexibility index (Phi) is 4.73. The highest BCUT2D eigenvalue weighted by atomic mass is 32.1. The van der Waals surface area contributed by atoms with Gasteiger partial charge in [-0.1, -0.05) is 6.92 Å². The fourth-order valence-electron chi connectivity index (χ4n) is 2.98. The summed E-state index contributed by atoms with van der Waals surface area (Å²) in [7, 11) is 2.13. The van der Waals surface area contributed by atoms with E-state index < -0.39 is 0 Å². The summed E-state index contributed by atoms with van der Waals surface area (Å²) < 4.78 is 5.27. The number of hydrogen-bond donors (Lipinski definition) is 2. The van der Waals surface area contributed by atoms with E-state index in [4.69, 9.17) is 4.42 Å². The van der Waals surface area contributed by atoms with Gasteiger partial charge in [-0.3, -0.25) is 0 Å². The molecule has 2 heterocycles. The Labute approximate surface area is 145 Å². The van der Waals surface area contributed by atoms with Crippen molar-refractivity contribution in [1.82, 2.24) is 0 Å². The maximum absolute atomic E-state index is 11.9. The molecule has 126 valence electrons. The Balaban J connectivity index is 1.96. The third-order valence-electron chi connectivity index (χ3n) is 4.33. The number of fused-ring (bicyclic) bond motifs is 1. The van der Waals surface area contributed by atoms with Crippen LogP contribution in [0.2, 0.25) is 0 Å². The summed E-state index contributed by atoms with van der Waals surface area (Å²) in [6.45, 7) is 5.77. The van der Waals surface area contributed by atoms with Gasteiger partial charge < -0.3 is 14.4 Å². The molecule has 3 rings (SSSR count). The van der Waals surface area contributed by atoms with Crippen molar-refractivity contribution in [2.45, 2.75) is 33.4 Å². The lowest BCUT2D eigenvalue weighted by atomic mass is 10.0. The normalized spacial score (nSPS) is 12.6. The van der Waals surface area contributed by atoms with Crippen molar-refractivity contribution in [1.29, 1.82) is 0 Å². The van der Waals surface area contributed by atoms with Gasteiger partial charge in [0, 0.05) is 23.1 Å². The minimum absolute atomic E-state index is 0.181. The van der Waals surface area contributed by atoms with Gasteiger partial charge in [0.25, 0.3) is 0 Å². The number of nitrogens with one attached hydrogen (secondary N) is 1. The van der Waals surface area contributed by atoms with E-state index in [1.165, 1.54) is 15.3 Å². The van der Waals surface area contributed by atoms with Gasteiger partial charge >= 0.3 is 5.63 Å². The van der Waals surface area contributed by atoms with Crippen molar-refractivity contribution < 1.29 is 14.4 Å². The number of phenols is 1. The van der Waals surface area contributed by atoms with E-state index in [-0.39, 0.29) is 11.4 Å². The van der Waals surface area contributed by atoms with E-state index in [1.54, 1.807) is 23.5 Å². The third kappa shape index (κ3) is 3.37. The van der Waals surface area contributed by atoms with E-state index in [2.05, 4.69) is 25.4 Å². The number of aromatic hydroxyl groups is 1. The molecule has 0 fully saturated rings. The van der Waals surface area contributed by atoms with Crippen molar-refractivity contribution >= 4 is 22.3 Å². The molecule has 0 saturated carbocycles. The summed E-state index contributed by atoms with van der Waals surface area (Å²) >= 11 is 1.77. The minimum atomic E-state index is -0.374. The standard InChI is InChI=1S/C19H21NO3S/c1-4-13-7-15-14(8-19(22)23-17(15)9-16(13)21)10-20(3)11-18-12(2)5-6-24-18/h5-9,21H,4,10-11H2,1-3H3/p+1. The van der Waals surface area contributed by atoms with E-state index in [1.807, 2.05) is 13.0 Å². The SMILES string of the molecule is CCc1cc2c(C[NH+](C)Cc3sccc3C)cc(=O)oc2cc1O. The molecule has 2 aromatic heterocycles. The Bertz CT molecular complexity index is 926. The largest absolute Gasteiger partial charge is 0.508 e. The number of aryl methyl sites for hydroxylation is 2. The zero-order valence-corrected chi connectivity index (χ0v) is 15.0. The second-order valence-corrected chi connectivity index (χ2v) is 7.26. The Morgan fingerprint density at radius 1 is 1.21 bits per heavy atom. The summed E-state index contributed by atoms with van der Waals surface area (Å²) in [4.78, 5) is 14.5. The quantitative estimate of drug-likeness (QED) is 0.700. The van der Waals surface area contributed by atoms with Crippen molar-refractivity contribution in [3.05, 3.63) is 61.6 Å². The van der Waals surface area contributed by atoms with Crippen LogP contribution < -0.4 is 10.5 Å². The lowest BCUT2D eigenvalue weighted by molar-refractivity contribution is -0.907. The van der Waals surface area contributed by atoms with Gasteiger partial charge in [0.2, 0.25) is 0 Å². The van der Waals surface area contributed by atoms with Crippen LogP contribution >= 0.6 is 11.3 Å². The first-order valence-corrected chi connectivity index (χ1v) is 8.98. The molecule has 5 heteroatoms. The first kappa shape index (κ1) is 16.7. The fourth-order valence-corrected chi connectivity index (χ4v) is 4.00. The van der Waals surface area contributed by atoms with Gasteiger partial charge in [0.15, 0.2) is 0 Å². The van der Waals surface area contributed by atoms with Crippen LogP contribution in [0.1, 0.15) is 28.5 Å². The van der Waals surface area contributed by atoms with Gasteiger partial charge in [-0.2, -0.15) is 0 Å². The van der Waals surface area contributed by atoms with Crippen LogP contribution in [0.4, 0.5) is 0 Å². The van der Waals surface area contributed by atoms with Gasteiger partial charge in [0.05, 0.1) is 11.9 Å². The van der Waals surface area contributed by atoms with Crippen LogP contribution in [0.5, 0.6) is 5.75 Å². The number of quaternary nitrogens is 1. The summed E-state index contributed by atoms with van der Waals surface area (Å²) in [5, 5.41) is 13.0. The van der Waals surface area contributed by atoms with Crippen molar-refractivity contribution in [3.8, 4) is 5.75 Å². The van der Waals surface area contributed by atoms with E-state index in [0.717, 1.165) is 36.0 Å². The molecular weight excluding hydrogens is 322 g/mol. The molecule has 0 aliphatic carbocycles. The second-order valence-electron chi connectivity index (χ2n) is 6.26. The number of hydrogen-bond acceptors (Lipinski definition) is 4. The number of benzene rings is 1. The van der Waals surface area contributed by atoms with E-state index in [9.17, 15) is 9.90 Å². The lowest BCUT2D eigenvalue weighted by Crippen LogP contribution is -3.06. The van der Waals surface area contributed by atoms with E-state index in [0.29, 0.717) is 5.58 Å². The van der Waals surface area contributed by atoms with Gasteiger partial charge in [0.1, 0.15) is 24.4 Å². The average Bonchev–Trinajstić information content (AvgIpc) is 2.91. The van der Waals surface area contributed by atoms with Gasteiger partial charge in [-0.05, 0) is 42.0 Å². The van der Waals surface area contributed by atoms with E-state index >= 15 is 0 Å². The average molecular weight is 344 g/mol. The molecule has 3 aromatic rings. The van der Waals surface area contributed by atoms with Crippen LogP contribution in [0.25, 0.3) is 11.0 Å². The summed E-state index contributed by atoms with van der Waals surface area (Å²) in [6, 6.07) is 7.20. The highest BCUT2D eigenvalue weighted by Gasteiger charge is 2.14. The summed E-state index contributed by atoms with van der Waals surface area (Å²) in [5.74, 6) is 0.181. The summed E-state index contributed by atoms with van der Waals surface area (Å²) in [5.41, 5.74) is 3.22. The number of thiophene rings is 1. The highest BCUT2D eigenvalue weighted by Crippen LogP contribution is 2.26. The fraction of sp³-hybridized carbons (Fsp3) is 0.316. The molecule has 2 N–H and O–H groups in total. The summed E-state index contributed by atoms with van der Waals surface area (Å²) in [6.07, 6.45) is 0.734. The molecular formula is C19H22NO3S+. The molecule has 0 spiro atoms. The topological polar surface area (TPSA) is 54.9 Å². The molecule has 0 bridgehead atoms. The molecule has 24 heavy (non-hydrogen) atoms. The van der Waals surface area contributed by atoms with Crippen LogP contribution in [0.15, 0.2) is 38.9 Å². The molecule has 0 aliphatic rings. The molecule has 0 saturated heterocycles. The molecule has 1 aromatic carbocycles. The smallest absolute Gasteiger partial charge is 0.336 e. The second kappa shape index (κ2) is 6.79. The molecule has 1 atom stereocenters. The minimum Gasteiger partial charge on any atom is -0.508 e. The molecule has 1 unspecified atom stereocenters. The van der Waals surface area contributed by atoms with Crippen molar-refractivity contribution in [2.75, 3.05) is 7.05 Å². The zero-order chi connectivity index (χ0) is 17.3.